The van der Waals surface area contributed by atoms with Gasteiger partial charge in [-0.05, 0) is 24.6 Å². The van der Waals surface area contributed by atoms with E-state index < -0.39 is 4.92 Å². The van der Waals surface area contributed by atoms with Gasteiger partial charge in [0, 0.05) is 11.6 Å². The van der Waals surface area contributed by atoms with Crippen molar-refractivity contribution in [1.29, 1.82) is 0 Å². The molecule has 20 heavy (non-hydrogen) atoms. The van der Waals surface area contributed by atoms with E-state index in [1.165, 1.54) is 16.8 Å². The van der Waals surface area contributed by atoms with Crippen LogP contribution in [-0.4, -0.2) is 9.49 Å². The van der Waals surface area contributed by atoms with Crippen LogP contribution >= 0.6 is 23.2 Å². The van der Waals surface area contributed by atoms with Crippen molar-refractivity contribution < 1.29 is 4.92 Å². The normalized spacial score (nSPS) is 10.6. The number of nitro groups is 1. The molecule has 0 aliphatic rings. The van der Waals surface area contributed by atoms with Crippen molar-refractivity contribution in [3.8, 4) is 0 Å². The first-order valence-corrected chi connectivity index (χ1v) is 6.43. The molecule has 5 nitrogen and oxygen atoms in total. The summed E-state index contributed by atoms with van der Waals surface area (Å²) in [4.78, 5) is 22.3. The van der Waals surface area contributed by atoms with Crippen molar-refractivity contribution >= 4 is 28.9 Å². The molecule has 0 saturated carbocycles. The highest BCUT2D eigenvalue weighted by Gasteiger charge is 2.12. The van der Waals surface area contributed by atoms with Crippen LogP contribution in [0.4, 0.5) is 5.69 Å². The number of benzene rings is 1. The van der Waals surface area contributed by atoms with E-state index in [0.717, 1.165) is 5.56 Å². The molecule has 0 aliphatic carbocycles. The van der Waals surface area contributed by atoms with Crippen LogP contribution in [0.25, 0.3) is 0 Å². The summed E-state index contributed by atoms with van der Waals surface area (Å²) < 4.78 is 1.28. The number of rotatable bonds is 3. The van der Waals surface area contributed by atoms with E-state index >= 15 is 0 Å². The molecule has 2 aromatic rings. The molecule has 0 amide bonds. The van der Waals surface area contributed by atoms with Crippen LogP contribution in [0.3, 0.4) is 0 Å². The Labute approximate surface area is 124 Å². The van der Waals surface area contributed by atoms with E-state index in [-0.39, 0.29) is 17.8 Å². The molecule has 0 spiro atoms. The van der Waals surface area contributed by atoms with Crippen LogP contribution in [0.2, 0.25) is 10.0 Å². The Morgan fingerprint density at radius 3 is 2.55 bits per heavy atom. The summed E-state index contributed by atoms with van der Waals surface area (Å²) in [5, 5.41) is 11.6. The molecule has 0 atom stereocenters. The summed E-state index contributed by atoms with van der Waals surface area (Å²) in [6.45, 7) is 1.74. The van der Waals surface area contributed by atoms with Crippen molar-refractivity contribution in [2.24, 2.45) is 0 Å². The molecule has 0 bridgehead atoms. The van der Waals surface area contributed by atoms with E-state index in [1.54, 1.807) is 25.1 Å². The Morgan fingerprint density at radius 1 is 1.25 bits per heavy atom. The first-order valence-electron chi connectivity index (χ1n) is 5.68. The van der Waals surface area contributed by atoms with Gasteiger partial charge >= 0.3 is 0 Å². The second-order valence-corrected chi connectivity index (χ2v) is 5.13. The number of nitrogens with zero attached hydrogens (tertiary/aromatic N) is 2. The molecule has 1 heterocycles. The van der Waals surface area contributed by atoms with Crippen LogP contribution in [0.15, 0.2) is 35.3 Å². The lowest BCUT2D eigenvalue weighted by Gasteiger charge is -2.08. The first-order chi connectivity index (χ1) is 9.38. The molecule has 0 unspecified atom stereocenters. The number of halogens is 2. The third kappa shape index (κ3) is 3.00. The average Bonchev–Trinajstić information content (AvgIpc) is 2.38. The zero-order valence-corrected chi connectivity index (χ0v) is 12.0. The topological polar surface area (TPSA) is 65.1 Å². The fourth-order valence-corrected chi connectivity index (χ4v) is 2.14. The summed E-state index contributed by atoms with van der Waals surface area (Å²) in [5.41, 5.74) is 0.657. The third-order valence-electron chi connectivity index (χ3n) is 2.80. The SMILES string of the molecule is Cc1cc([N+](=O)[O-])cn(Cc2ccc(Cl)c(Cl)c2)c1=O. The molecule has 0 radical (unpaired) electrons. The van der Waals surface area contributed by atoms with Gasteiger partial charge in [0.2, 0.25) is 0 Å². The van der Waals surface area contributed by atoms with Crippen molar-refractivity contribution in [3.05, 3.63) is 72.1 Å². The summed E-state index contributed by atoms with van der Waals surface area (Å²) in [5.74, 6) is 0. The molecular formula is C13H10Cl2N2O3. The van der Waals surface area contributed by atoms with Gasteiger partial charge in [-0.2, -0.15) is 0 Å². The molecule has 1 aromatic carbocycles. The maximum atomic E-state index is 12.0. The summed E-state index contributed by atoms with van der Waals surface area (Å²) in [6, 6.07) is 6.22. The summed E-state index contributed by atoms with van der Waals surface area (Å²) in [7, 11) is 0. The zero-order valence-electron chi connectivity index (χ0n) is 10.5. The standard InChI is InChI=1S/C13H10Cl2N2O3/c1-8-4-10(17(19)20)7-16(13(8)18)6-9-2-3-11(14)12(15)5-9/h2-5,7H,6H2,1H3. The third-order valence-corrected chi connectivity index (χ3v) is 3.54. The van der Waals surface area contributed by atoms with Gasteiger partial charge in [0.15, 0.2) is 0 Å². The zero-order chi connectivity index (χ0) is 14.9. The fraction of sp³-hybridized carbons (Fsp3) is 0.154. The van der Waals surface area contributed by atoms with Crippen molar-refractivity contribution in [2.75, 3.05) is 0 Å². The van der Waals surface area contributed by atoms with Gasteiger partial charge in [-0.3, -0.25) is 14.9 Å². The number of aryl methyl sites for hydroxylation is 1. The van der Waals surface area contributed by atoms with E-state index in [2.05, 4.69) is 0 Å². The molecular weight excluding hydrogens is 303 g/mol. The molecule has 2 rings (SSSR count). The van der Waals surface area contributed by atoms with Gasteiger partial charge in [0.1, 0.15) is 0 Å². The van der Waals surface area contributed by atoms with E-state index in [4.69, 9.17) is 23.2 Å². The lowest BCUT2D eigenvalue weighted by molar-refractivity contribution is -0.385. The summed E-state index contributed by atoms with van der Waals surface area (Å²) in [6.07, 6.45) is 1.22. The predicted molar refractivity (Wildman–Crippen MR) is 77.7 cm³/mol. The predicted octanol–water partition coefficient (Wildman–Crippen LogP) is 3.42. The Hall–Kier alpha value is -1.85. The van der Waals surface area contributed by atoms with Crippen LogP contribution in [0.1, 0.15) is 11.1 Å². The molecule has 0 aliphatic heterocycles. The van der Waals surface area contributed by atoms with E-state index in [1.807, 2.05) is 0 Å². The van der Waals surface area contributed by atoms with Gasteiger partial charge in [-0.15, -0.1) is 0 Å². The van der Waals surface area contributed by atoms with Crippen molar-refractivity contribution in [1.82, 2.24) is 4.57 Å². The summed E-state index contributed by atoms with van der Waals surface area (Å²) >= 11 is 11.7. The number of hydrogen-bond donors (Lipinski definition) is 0. The second kappa shape index (κ2) is 5.64. The number of hydrogen-bond acceptors (Lipinski definition) is 3. The lowest BCUT2D eigenvalue weighted by atomic mass is 10.2. The number of aromatic nitrogens is 1. The minimum absolute atomic E-state index is 0.123. The maximum Gasteiger partial charge on any atom is 0.286 e. The van der Waals surface area contributed by atoms with E-state index in [9.17, 15) is 14.9 Å². The van der Waals surface area contributed by atoms with Crippen LogP contribution in [0, 0.1) is 17.0 Å². The quantitative estimate of drug-likeness (QED) is 0.644. The maximum absolute atomic E-state index is 12.0. The second-order valence-electron chi connectivity index (χ2n) is 4.32. The minimum Gasteiger partial charge on any atom is -0.304 e. The van der Waals surface area contributed by atoms with Crippen molar-refractivity contribution in [2.45, 2.75) is 13.5 Å². The van der Waals surface area contributed by atoms with Gasteiger partial charge in [0.25, 0.3) is 11.2 Å². The lowest BCUT2D eigenvalue weighted by Crippen LogP contribution is -2.22. The van der Waals surface area contributed by atoms with Crippen LogP contribution < -0.4 is 5.56 Å². The Bertz CT molecular complexity index is 741. The molecule has 0 saturated heterocycles. The van der Waals surface area contributed by atoms with E-state index in [0.29, 0.717) is 15.6 Å². The van der Waals surface area contributed by atoms with Crippen LogP contribution in [0.5, 0.6) is 0 Å². The molecule has 104 valence electrons. The van der Waals surface area contributed by atoms with Gasteiger partial charge in [-0.1, -0.05) is 29.3 Å². The highest BCUT2D eigenvalue weighted by atomic mass is 35.5. The van der Waals surface area contributed by atoms with Crippen LogP contribution in [-0.2, 0) is 6.54 Å². The Kier molecular flexibility index (Phi) is 4.11. The Morgan fingerprint density at radius 2 is 1.95 bits per heavy atom. The van der Waals surface area contributed by atoms with Gasteiger partial charge in [0.05, 0.1) is 27.7 Å². The first kappa shape index (κ1) is 14.6. The molecule has 0 N–H and O–H groups in total. The monoisotopic (exact) mass is 312 g/mol. The smallest absolute Gasteiger partial charge is 0.286 e. The molecule has 7 heteroatoms. The molecule has 1 aromatic heterocycles. The van der Waals surface area contributed by atoms with Crippen molar-refractivity contribution in [3.63, 3.8) is 0 Å². The van der Waals surface area contributed by atoms with Gasteiger partial charge in [-0.25, -0.2) is 0 Å². The largest absolute Gasteiger partial charge is 0.304 e. The Balaban J connectivity index is 2.44. The highest BCUT2D eigenvalue weighted by molar-refractivity contribution is 6.42. The number of pyridine rings is 1. The fourth-order valence-electron chi connectivity index (χ4n) is 1.82. The highest BCUT2D eigenvalue weighted by Crippen LogP contribution is 2.23. The minimum atomic E-state index is -0.530. The average molecular weight is 313 g/mol. The van der Waals surface area contributed by atoms with Gasteiger partial charge < -0.3 is 4.57 Å². The molecule has 0 fully saturated rings.